The summed E-state index contributed by atoms with van der Waals surface area (Å²) in [6.07, 6.45) is 4.29. The number of aromatic nitrogens is 2. The third-order valence-electron chi connectivity index (χ3n) is 3.50. The van der Waals surface area contributed by atoms with Crippen molar-refractivity contribution in [2.24, 2.45) is 0 Å². The first-order valence-electron chi connectivity index (χ1n) is 5.58. The van der Waals surface area contributed by atoms with Gasteiger partial charge in [0.2, 0.25) is 0 Å². The number of Topliss-reactive ketones (excluding diaryl/α,β-unsaturated/α-hetero) is 1. The van der Waals surface area contributed by atoms with Crippen molar-refractivity contribution in [3.8, 4) is 0 Å². The number of carbonyl (C=O) groups is 2. The Kier molecular flexibility index (Phi) is 2.92. The van der Waals surface area contributed by atoms with Crippen molar-refractivity contribution in [1.82, 2.24) is 9.97 Å². The average molecular weight is 234 g/mol. The Morgan fingerprint density at radius 3 is 2.59 bits per heavy atom. The molecule has 1 aliphatic rings. The molecule has 0 unspecified atom stereocenters. The lowest BCUT2D eigenvalue weighted by molar-refractivity contribution is -0.146. The Labute approximate surface area is 98.9 Å². The van der Waals surface area contributed by atoms with Gasteiger partial charge in [-0.25, -0.2) is 9.97 Å². The number of carboxylic acids is 1. The molecule has 1 aromatic rings. The van der Waals surface area contributed by atoms with E-state index in [9.17, 15) is 14.7 Å². The van der Waals surface area contributed by atoms with E-state index in [4.69, 9.17) is 0 Å². The van der Waals surface area contributed by atoms with Crippen molar-refractivity contribution in [3.05, 3.63) is 23.8 Å². The summed E-state index contributed by atoms with van der Waals surface area (Å²) in [6, 6.07) is 0. The standard InChI is InChI=1S/C12H14N2O3/c1-8-10(6-13-7-14-8)12(11(16)17)4-2-9(15)3-5-12/h6-7H,2-5H2,1H3,(H,16,17). The molecule has 5 heteroatoms. The van der Waals surface area contributed by atoms with Gasteiger partial charge in [0.05, 0.1) is 5.41 Å². The minimum Gasteiger partial charge on any atom is -0.481 e. The average Bonchev–Trinajstić information content (AvgIpc) is 2.31. The van der Waals surface area contributed by atoms with Gasteiger partial charge < -0.3 is 5.11 Å². The van der Waals surface area contributed by atoms with Crippen LogP contribution in [0.1, 0.15) is 36.9 Å². The number of carboxylic acid groups (broad SMARTS) is 1. The number of hydrogen-bond donors (Lipinski definition) is 1. The lowest BCUT2D eigenvalue weighted by Crippen LogP contribution is -2.40. The molecule has 1 N–H and O–H groups in total. The minimum atomic E-state index is -0.987. The zero-order chi connectivity index (χ0) is 12.5. The van der Waals surface area contributed by atoms with Gasteiger partial charge in [0.1, 0.15) is 12.1 Å². The summed E-state index contributed by atoms with van der Waals surface area (Å²) < 4.78 is 0. The fraction of sp³-hybridized carbons (Fsp3) is 0.500. The van der Waals surface area contributed by atoms with Crippen LogP contribution in [0.5, 0.6) is 0 Å². The summed E-state index contributed by atoms with van der Waals surface area (Å²) >= 11 is 0. The Balaban J connectivity index is 2.46. The van der Waals surface area contributed by atoms with Gasteiger partial charge in [0.25, 0.3) is 0 Å². The van der Waals surface area contributed by atoms with Crippen molar-refractivity contribution in [2.75, 3.05) is 0 Å². The minimum absolute atomic E-state index is 0.136. The predicted octanol–water partition coefficient (Wildman–Crippen LogP) is 1.25. The highest BCUT2D eigenvalue weighted by molar-refractivity contribution is 5.87. The predicted molar refractivity (Wildman–Crippen MR) is 59.6 cm³/mol. The molecule has 0 atom stereocenters. The van der Waals surface area contributed by atoms with Crippen LogP contribution in [0.3, 0.4) is 0 Å². The normalized spacial score (nSPS) is 19.0. The molecule has 0 bridgehead atoms. The summed E-state index contributed by atoms with van der Waals surface area (Å²) in [5.74, 6) is -0.751. The van der Waals surface area contributed by atoms with Crippen LogP contribution in [-0.2, 0) is 15.0 Å². The first kappa shape index (κ1) is 11.7. The number of nitrogens with zero attached hydrogens (tertiary/aromatic N) is 2. The van der Waals surface area contributed by atoms with Crippen molar-refractivity contribution in [2.45, 2.75) is 38.0 Å². The number of ketones is 1. The summed E-state index contributed by atoms with van der Waals surface area (Å²) in [6.45, 7) is 1.78. The topological polar surface area (TPSA) is 80.2 Å². The molecule has 2 rings (SSSR count). The van der Waals surface area contributed by atoms with E-state index >= 15 is 0 Å². The van der Waals surface area contributed by atoms with E-state index in [-0.39, 0.29) is 5.78 Å². The third-order valence-corrected chi connectivity index (χ3v) is 3.50. The highest BCUT2D eigenvalue weighted by atomic mass is 16.4. The van der Waals surface area contributed by atoms with Crippen molar-refractivity contribution < 1.29 is 14.7 Å². The Hall–Kier alpha value is -1.78. The molecule has 0 radical (unpaired) electrons. The molecule has 0 spiro atoms. The fourth-order valence-corrected chi connectivity index (χ4v) is 2.41. The van der Waals surface area contributed by atoms with Crippen LogP contribution in [0.25, 0.3) is 0 Å². The van der Waals surface area contributed by atoms with E-state index in [0.717, 1.165) is 0 Å². The van der Waals surface area contributed by atoms with Crippen LogP contribution in [0.15, 0.2) is 12.5 Å². The Bertz CT molecular complexity index is 461. The zero-order valence-corrected chi connectivity index (χ0v) is 9.64. The molecule has 5 nitrogen and oxygen atoms in total. The molecule has 1 heterocycles. The second-order valence-corrected chi connectivity index (χ2v) is 4.45. The van der Waals surface area contributed by atoms with Gasteiger partial charge in [-0.2, -0.15) is 0 Å². The molecular weight excluding hydrogens is 220 g/mol. The van der Waals surface area contributed by atoms with Crippen LogP contribution in [0.4, 0.5) is 0 Å². The summed E-state index contributed by atoms with van der Waals surface area (Å²) in [7, 11) is 0. The smallest absolute Gasteiger partial charge is 0.314 e. The van der Waals surface area contributed by atoms with Gasteiger partial charge >= 0.3 is 5.97 Å². The van der Waals surface area contributed by atoms with E-state index < -0.39 is 11.4 Å². The van der Waals surface area contributed by atoms with Crippen LogP contribution in [0, 0.1) is 6.92 Å². The quantitative estimate of drug-likeness (QED) is 0.833. The number of carbonyl (C=O) groups excluding carboxylic acids is 1. The lowest BCUT2D eigenvalue weighted by atomic mass is 9.69. The number of aliphatic carboxylic acids is 1. The molecule has 1 fully saturated rings. The second kappa shape index (κ2) is 4.24. The van der Waals surface area contributed by atoms with Gasteiger partial charge in [0.15, 0.2) is 0 Å². The Morgan fingerprint density at radius 2 is 2.06 bits per heavy atom. The highest BCUT2D eigenvalue weighted by Crippen LogP contribution is 2.39. The van der Waals surface area contributed by atoms with Gasteiger partial charge in [-0.05, 0) is 19.8 Å². The maximum absolute atomic E-state index is 11.6. The number of rotatable bonds is 2. The van der Waals surface area contributed by atoms with Crippen molar-refractivity contribution in [1.29, 1.82) is 0 Å². The van der Waals surface area contributed by atoms with E-state index in [1.165, 1.54) is 6.33 Å². The molecule has 17 heavy (non-hydrogen) atoms. The molecule has 0 amide bonds. The molecule has 0 aliphatic heterocycles. The number of hydrogen-bond acceptors (Lipinski definition) is 4. The molecular formula is C12H14N2O3. The first-order valence-corrected chi connectivity index (χ1v) is 5.58. The maximum atomic E-state index is 11.6. The van der Waals surface area contributed by atoms with Crippen LogP contribution in [0.2, 0.25) is 0 Å². The van der Waals surface area contributed by atoms with E-state index in [2.05, 4.69) is 9.97 Å². The lowest BCUT2D eigenvalue weighted by Gasteiger charge is -2.33. The maximum Gasteiger partial charge on any atom is 0.314 e. The largest absolute Gasteiger partial charge is 0.481 e. The molecule has 90 valence electrons. The zero-order valence-electron chi connectivity index (χ0n) is 9.64. The van der Waals surface area contributed by atoms with Gasteiger partial charge in [-0.15, -0.1) is 0 Å². The molecule has 1 aromatic heterocycles. The van der Waals surface area contributed by atoms with E-state index in [1.807, 2.05) is 0 Å². The summed E-state index contributed by atoms with van der Waals surface area (Å²) in [4.78, 5) is 30.8. The van der Waals surface area contributed by atoms with E-state index in [1.54, 1.807) is 13.1 Å². The van der Waals surface area contributed by atoms with Crippen LogP contribution >= 0.6 is 0 Å². The monoisotopic (exact) mass is 234 g/mol. The molecule has 0 aromatic carbocycles. The summed E-state index contributed by atoms with van der Waals surface area (Å²) in [5, 5.41) is 9.49. The van der Waals surface area contributed by atoms with Crippen LogP contribution < -0.4 is 0 Å². The van der Waals surface area contributed by atoms with Crippen LogP contribution in [-0.4, -0.2) is 26.8 Å². The SMILES string of the molecule is Cc1ncncc1C1(C(=O)O)CCC(=O)CC1. The van der Waals surface area contributed by atoms with Crippen molar-refractivity contribution >= 4 is 11.8 Å². The molecule has 1 aliphatic carbocycles. The van der Waals surface area contributed by atoms with Gasteiger partial charge in [-0.3, -0.25) is 9.59 Å². The second-order valence-electron chi connectivity index (χ2n) is 4.45. The molecule has 0 saturated heterocycles. The number of aryl methyl sites for hydroxylation is 1. The van der Waals surface area contributed by atoms with Gasteiger partial charge in [0, 0.05) is 30.3 Å². The molecule has 1 saturated carbocycles. The Morgan fingerprint density at radius 1 is 1.41 bits per heavy atom. The third kappa shape index (κ3) is 1.92. The van der Waals surface area contributed by atoms with E-state index in [0.29, 0.717) is 36.9 Å². The summed E-state index contributed by atoms with van der Waals surface area (Å²) in [5.41, 5.74) is 0.330. The highest BCUT2D eigenvalue weighted by Gasteiger charge is 2.44. The first-order chi connectivity index (χ1) is 8.06. The fourth-order valence-electron chi connectivity index (χ4n) is 2.41. The van der Waals surface area contributed by atoms with Gasteiger partial charge in [-0.1, -0.05) is 0 Å². The van der Waals surface area contributed by atoms with Crippen molar-refractivity contribution in [3.63, 3.8) is 0 Å².